The van der Waals surface area contributed by atoms with E-state index in [1.165, 1.54) is 6.92 Å². The lowest BCUT2D eigenvalue weighted by Gasteiger charge is -2.38. The van der Waals surface area contributed by atoms with E-state index in [1.54, 1.807) is 7.11 Å². The van der Waals surface area contributed by atoms with E-state index in [9.17, 15) is 9.59 Å². The summed E-state index contributed by atoms with van der Waals surface area (Å²) in [5, 5.41) is 0. The average molecular weight is 383 g/mol. The van der Waals surface area contributed by atoms with Gasteiger partial charge < -0.3 is 14.6 Å². The Kier molecular flexibility index (Phi) is 5.89. The number of hydrogen-bond donors (Lipinski definition) is 1. The van der Waals surface area contributed by atoms with Gasteiger partial charge in [-0.1, -0.05) is 12.1 Å². The Morgan fingerprint density at radius 3 is 2.32 bits per heavy atom. The lowest BCUT2D eigenvalue weighted by atomic mass is 10.0. The zero-order valence-electron chi connectivity index (χ0n) is 17.3. The van der Waals surface area contributed by atoms with Crippen LogP contribution in [0.15, 0.2) is 24.3 Å². The largest absolute Gasteiger partial charge is 0.495 e. The molecule has 1 fully saturated rings. The number of piperazine rings is 1. The van der Waals surface area contributed by atoms with Crippen molar-refractivity contribution in [2.24, 2.45) is 0 Å². The van der Waals surface area contributed by atoms with Crippen LogP contribution in [0, 0.1) is 13.8 Å². The zero-order chi connectivity index (χ0) is 20.4. The Bertz CT molecular complexity index is 879. The molecule has 1 aliphatic heterocycles. The summed E-state index contributed by atoms with van der Waals surface area (Å²) in [6.45, 7) is 10.4. The minimum Gasteiger partial charge on any atom is -0.495 e. The summed E-state index contributed by atoms with van der Waals surface area (Å²) in [4.78, 5) is 32.6. The van der Waals surface area contributed by atoms with Crippen LogP contribution in [0.5, 0.6) is 5.75 Å². The molecule has 1 aromatic carbocycles. The molecule has 0 unspecified atom stereocenters. The second kappa shape index (κ2) is 8.19. The van der Waals surface area contributed by atoms with Gasteiger partial charge in [-0.25, -0.2) is 0 Å². The van der Waals surface area contributed by atoms with Crippen molar-refractivity contribution < 1.29 is 14.3 Å². The molecule has 0 bridgehead atoms. The number of carbonyl (C=O) groups is 2. The summed E-state index contributed by atoms with van der Waals surface area (Å²) < 4.78 is 5.47. The number of aryl methyl sites for hydroxylation is 1. The average Bonchev–Trinajstić information content (AvgIpc) is 3.01. The highest BCUT2D eigenvalue weighted by Gasteiger charge is 2.30. The topological polar surface area (TPSA) is 65.6 Å². The number of ether oxygens (including phenoxy) is 1. The molecule has 1 aliphatic rings. The van der Waals surface area contributed by atoms with Crippen molar-refractivity contribution in [3.8, 4) is 5.75 Å². The van der Waals surface area contributed by atoms with Crippen LogP contribution < -0.4 is 9.64 Å². The Morgan fingerprint density at radius 1 is 1.11 bits per heavy atom. The van der Waals surface area contributed by atoms with Gasteiger partial charge in [0.25, 0.3) is 0 Å². The summed E-state index contributed by atoms with van der Waals surface area (Å²) in [5.74, 6) is 0.900. The van der Waals surface area contributed by atoms with Crippen LogP contribution in [-0.2, 0) is 0 Å². The van der Waals surface area contributed by atoms with Crippen molar-refractivity contribution in [2.45, 2.75) is 33.7 Å². The molecule has 6 heteroatoms. The molecule has 6 nitrogen and oxygen atoms in total. The molecule has 0 aliphatic carbocycles. The van der Waals surface area contributed by atoms with Gasteiger partial charge >= 0.3 is 0 Å². The summed E-state index contributed by atoms with van der Waals surface area (Å²) in [6.07, 6.45) is 0. The Labute approximate surface area is 166 Å². The Morgan fingerprint density at radius 2 is 1.75 bits per heavy atom. The number of nitrogens with zero attached hydrogens (tertiary/aromatic N) is 2. The van der Waals surface area contributed by atoms with Crippen molar-refractivity contribution >= 4 is 17.3 Å². The number of H-pyrrole nitrogens is 1. The molecule has 1 atom stereocenters. The Balaban J connectivity index is 1.70. The number of aromatic nitrogens is 1. The van der Waals surface area contributed by atoms with Gasteiger partial charge in [0, 0.05) is 37.4 Å². The number of methoxy groups -OCH3 is 1. The molecule has 1 aromatic heterocycles. The standard InChI is InChI=1S/C22H29N3O3/c1-14-20(17(4)26)15(2)23-21(14)22(27)16(3)24-10-12-25(13-11-24)18-8-6-7-9-19(18)28-5/h6-9,16,23H,10-13H2,1-5H3/t16-/m1/s1. The van der Waals surface area contributed by atoms with E-state index < -0.39 is 0 Å². The fourth-order valence-electron chi connectivity index (χ4n) is 4.14. The van der Waals surface area contributed by atoms with Crippen molar-refractivity contribution in [3.63, 3.8) is 0 Å². The normalized spacial score (nSPS) is 16.1. The first-order chi connectivity index (χ1) is 13.3. The van der Waals surface area contributed by atoms with Crippen LogP contribution in [0.3, 0.4) is 0 Å². The fraction of sp³-hybridized carbons (Fsp3) is 0.455. The molecular weight excluding hydrogens is 354 g/mol. The van der Waals surface area contributed by atoms with E-state index in [-0.39, 0.29) is 17.6 Å². The highest BCUT2D eigenvalue weighted by molar-refractivity contribution is 6.05. The molecule has 28 heavy (non-hydrogen) atoms. The van der Waals surface area contributed by atoms with Gasteiger partial charge in [0.2, 0.25) is 0 Å². The monoisotopic (exact) mass is 383 g/mol. The van der Waals surface area contributed by atoms with E-state index in [4.69, 9.17) is 4.74 Å². The maximum absolute atomic E-state index is 13.1. The quantitative estimate of drug-likeness (QED) is 0.776. The molecule has 0 amide bonds. The number of hydrogen-bond acceptors (Lipinski definition) is 5. The number of benzene rings is 1. The third kappa shape index (κ3) is 3.69. The number of nitrogens with one attached hydrogen (secondary N) is 1. The van der Waals surface area contributed by atoms with Crippen LogP contribution in [0.1, 0.15) is 46.0 Å². The molecule has 3 rings (SSSR count). The third-order valence-electron chi connectivity index (χ3n) is 5.70. The maximum atomic E-state index is 13.1. The van der Waals surface area contributed by atoms with Gasteiger partial charge in [0.05, 0.1) is 24.5 Å². The van der Waals surface area contributed by atoms with Crippen LogP contribution >= 0.6 is 0 Å². The molecule has 2 aromatic rings. The van der Waals surface area contributed by atoms with Gasteiger partial charge in [-0.2, -0.15) is 0 Å². The lowest BCUT2D eigenvalue weighted by Crippen LogP contribution is -2.52. The number of carbonyl (C=O) groups excluding carboxylic acids is 2. The van der Waals surface area contributed by atoms with E-state index in [2.05, 4.69) is 20.9 Å². The predicted octanol–water partition coefficient (Wildman–Crippen LogP) is 3.24. The minimum atomic E-state index is -0.239. The molecule has 1 N–H and O–H groups in total. The van der Waals surface area contributed by atoms with Gasteiger partial charge in [0.1, 0.15) is 5.75 Å². The molecule has 0 radical (unpaired) electrons. The predicted molar refractivity (Wildman–Crippen MR) is 111 cm³/mol. The van der Waals surface area contributed by atoms with Crippen molar-refractivity contribution in [2.75, 3.05) is 38.2 Å². The molecule has 0 saturated carbocycles. The molecule has 0 spiro atoms. The van der Waals surface area contributed by atoms with Crippen LogP contribution in [0.2, 0.25) is 0 Å². The smallest absolute Gasteiger partial charge is 0.196 e. The van der Waals surface area contributed by atoms with E-state index in [1.807, 2.05) is 39.0 Å². The number of ketones is 2. The number of aromatic amines is 1. The van der Waals surface area contributed by atoms with Gasteiger partial charge in [0.15, 0.2) is 11.6 Å². The van der Waals surface area contributed by atoms with Crippen molar-refractivity contribution in [1.29, 1.82) is 0 Å². The maximum Gasteiger partial charge on any atom is 0.196 e. The summed E-state index contributed by atoms with van der Waals surface area (Å²) in [6, 6.07) is 7.78. The van der Waals surface area contributed by atoms with Gasteiger partial charge in [-0.3, -0.25) is 14.5 Å². The third-order valence-corrected chi connectivity index (χ3v) is 5.70. The first-order valence-corrected chi connectivity index (χ1v) is 9.71. The molecule has 150 valence electrons. The van der Waals surface area contributed by atoms with Gasteiger partial charge in [-0.15, -0.1) is 0 Å². The number of anilines is 1. The first-order valence-electron chi connectivity index (χ1n) is 9.71. The Hall–Kier alpha value is -2.60. The SMILES string of the molecule is COc1ccccc1N1CCN([C@H](C)C(=O)c2[nH]c(C)c(C(C)=O)c2C)CC1. The number of Topliss-reactive ketones (excluding diaryl/α,β-unsaturated/α-hetero) is 2. The second-order valence-corrected chi connectivity index (χ2v) is 7.42. The summed E-state index contributed by atoms with van der Waals surface area (Å²) in [7, 11) is 1.69. The summed E-state index contributed by atoms with van der Waals surface area (Å²) in [5.41, 5.74) is 3.81. The number of rotatable bonds is 6. The van der Waals surface area contributed by atoms with E-state index in [0.717, 1.165) is 48.9 Å². The highest BCUT2D eigenvalue weighted by Crippen LogP contribution is 2.29. The molecular formula is C22H29N3O3. The second-order valence-electron chi connectivity index (χ2n) is 7.42. The first kappa shape index (κ1) is 20.1. The van der Waals surface area contributed by atoms with Crippen LogP contribution in [0.25, 0.3) is 0 Å². The van der Waals surface area contributed by atoms with E-state index >= 15 is 0 Å². The minimum absolute atomic E-state index is 0.0108. The summed E-state index contributed by atoms with van der Waals surface area (Å²) >= 11 is 0. The number of para-hydroxylation sites is 2. The van der Waals surface area contributed by atoms with Crippen molar-refractivity contribution in [1.82, 2.24) is 9.88 Å². The van der Waals surface area contributed by atoms with Crippen LogP contribution in [0.4, 0.5) is 5.69 Å². The van der Waals surface area contributed by atoms with Gasteiger partial charge in [-0.05, 0) is 45.4 Å². The highest BCUT2D eigenvalue weighted by atomic mass is 16.5. The molecule has 2 heterocycles. The fourth-order valence-corrected chi connectivity index (χ4v) is 4.14. The van der Waals surface area contributed by atoms with E-state index in [0.29, 0.717) is 11.3 Å². The zero-order valence-corrected chi connectivity index (χ0v) is 17.3. The molecule has 1 saturated heterocycles. The van der Waals surface area contributed by atoms with Crippen LogP contribution in [-0.4, -0.2) is 60.8 Å². The van der Waals surface area contributed by atoms with Crippen molar-refractivity contribution in [3.05, 3.63) is 46.8 Å². The lowest BCUT2D eigenvalue weighted by molar-refractivity contribution is 0.0824.